The second kappa shape index (κ2) is 6.13. The van der Waals surface area contributed by atoms with Gasteiger partial charge in [-0.2, -0.15) is 5.06 Å². The lowest BCUT2D eigenvalue weighted by Gasteiger charge is -2.50. The number of amides is 1. The molecule has 0 unspecified atom stereocenters. The van der Waals surface area contributed by atoms with Crippen molar-refractivity contribution in [2.24, 2.45) is 0 Å². The highest BCUT2D eigenvalue weighted by atomic mass is 16.6. The number of anilines is 1. The topological polar surface area (TPSA) is 61.8 Å². The molecule has 1 aromatic rings. The summed E-state index contributed by atoms with van der Waals surface area (Å²) >= 11 is 0. The van der Waals surface area contributed by atoms with Crippen LogP contribution in [0, 0.1) is 13.8 Å². The summed E-state index contributed by atoms with van der Waals surface area (Å²) < 4.78 is 5.62. The highest BCUT2D eigenvalue weighted by Crippen LogP contribution is 2.38. The summed E-state index contributed by atoms with van der Waals surface area (Å²) in [6.07, 6.45) is 0.510. The van der Waals surface area contributed by atoms with E-state index in [1.807, 2.05) is 59.7 Å². The van der Waals surface area contributed by atoms with Gasteiger partial charge >= 0.3 is 6.09 Å². The van der Waals surface area contributed by atoms with Crippen molar-refractivity contribution in [3.63, 3.8) is 0 Å². The Kier molecular flexibility index (Phi) is 4.74. The Morgan fingerprint density at radius 2 is 1.78 bits per heavy atom. The Morgan fingerprint density at radius 3 is 2.35 bits per heavy atom. The van der Waals surface area contributed by atoms with E-state index in [1.54, 1.807) is 0 Å². The van der Waals surface area contributed by atoms with E-state index in [9.17, 15) is 10.0 Å². The molecule has 1 aromatic carbocycles. The van der Waals surface area contributed by atoms with Crippen LogP contribution in [-0.4, -0.2) is 33.5 Å². The minimum atomic E-state index is -0.443. The van der Waals surface area contributed by atoms with Gasteiger partial charge in [-0.3, -0.25) is 5.32 Å². The van der Waals surface area contributed by atoms with Crippen LogP contribution in [-0.2, 0) is 4.74 Å². The van der Waals surface area contributed by atoms with Crippen molar-refractivity contribution >= 4 is 11.8 Å². The van der Waals surface area contributed by atoms with Crippen molar-refractivity contribution < 1.29 is 14.7 Å². The van der Waals surface area contributed by atoms with Gasteiger partial charge in [-0.15, -0.1) is 0 Å². The molecule has 2 N–H and O–H groups in total. The van der Waals surface area contributed by atoms with E-state index in [4.69, 9.17) is 4.74 Å². The summed E-state index contributed by atoms with van der Waals surface area (Å²) in [6.45, 7) is 11.8. The van der Waals surface area contributed by atoms with Crippen LogP contribution in [0.2, 0.25) is 0 Å². The molecule has 23 heavy (non-hydrogen) atoms. The maximum atomic E-state index is 12.2. The van der Waals surface area contributed by atoms with Gasteiger partial charge in [0.15, 0.2) is 0 Å². The van der Waals surface area contributed by atoms with Crippen molar-refractivity contribution in [2.75, 3.05) is 5.32 Å². The monoisotopic (exact) mass is 320 g/mol. The Hall–Kier alpha value is -1.59. The minimum Gasteiger partial charge on any atom is -0.446 e. The number of hydrogen-bond acceptors (Lipinski definition) is 4. The molecule has 1 aliphatic rings. The van der Waals surface area contributed by atoms with Gasteiger partial charge in [0, 0.05) is 29.6 Å². The molecule has 0 bridgehead atoms. The Bertz CT molecular complexity index is 578. The minimum absolute atomic E-state index is 0.228. The van der Waals surface area contributed by atoms with Gasteiger partial charge in [0.2, 0.25) is 0 Å². The number of hydrogen-bond donors (Lipinski definition) is 2. The zero-order chi connectivity index (χ0) is 17.4. The third-order valence-electron chi connectivity index (χ3n) is 4.72. The molecule has 1 amide bonds. The van der Waals surface area contributed by atoms with Crippen LogP contribution in [0.4, 0.5) is 10.5 Å². The number of hydroxylamine groups is 2. The summed E-state index contributed by atoms with van der Waals surface area (Å²) in [4.78, 5) is 12.2. The first-order valence-corrected chi connectivity index (χ1v) is 8.06. The van der Waals surface area contributed by atoms with E-state index < -0.39 is 17.2 Å². The molecule has 0 aromatic heterocycles. The number of nitrogens with one attached hydrogen (secondary N) is 1. The fourth-order valence-corrected chi connectivity index (χ4v) is 3.44. The molecule has 5 heteroatoms. The number of carbonyl (C=O) groups excluding carboxylic acids is 1. The number of nitrogens with zero attached hydrogens (tertiary/aromatic N) is 1. The van der Waals surface area contributed by atoms with Crippen molar-refractivity contribution in [1.82, 2.24) is 5.06 Å². The van der Waals surface area contributed by atoms with Crippen LogP contribution in [0.25, 0.3) is 0 Å². The lowest BCUT2D eigenvalue weighted by atomic mass is 9.80. The molecule has 1 heterocycles. The molecule has 0 saturated carbocycles. The number of benzene rings is 1. The Balaban J connectivity index is 2.04. The van der Waals surface area contributed by atoms with E-state index in [-0.39, 0.29) is 6.10 Å². The highest BCUT2D eigenvalue weighted by Gasteiger charge is 2.46. The number of rotatable bonds is 2. The molecular formula is C18H28N2O3. The van der Waals surface area contributed by atoms with Gasteiger partial charge in [-0.25, -0.2) is 4.79 Å². The first kappa shape index (κ1) is 17.8. The van der Waals surface area contributed by atoms with Gasteiger partial charge < -0.3 is 9.94 Å². The molecule has 1 aliphatic heterocycles. The lowest BCUT2D eigenvalue weighted by molar-refractivity contribution is -0.256. The first-order chi connectivity index (χ1) is 10.5. The quantitative estimate of drug-likeness (QED) is 0.854. The zero-order valence-electron chi connectivity index (χ0n) is 14.9. The molecular weight excluding hydrogens is 292 g/mol. The predicted molar refractivity (Wildman–Crippen MR) is 90.8 cm³/mol. The first-order valence-electron chi connectivity index (χ1n) is 8.06. The van der Waals surface area contributed by atoms with Gasteiger partial charge in [-0.05, 0) is 58.7 Å². The summed E-state index contributed by atoms with van der Waals surface area (Å²) in [5, 5.41) is 14.5. The average molecular weight is 320 g/mol. The SMILES string of the molecule is Cc1cccc(NC(=O)OC2CC(C)(C)N(O)C(C)(C)C2)c1C. The van der Waals surface area contributed by atoms with Crippen molar-refractivity contribution in [2.45, 2.75) is 71.6 Å². The fraction of sp³-hybridized carbons (Fsp3) is 0.611. The lowest BCUT2D eigenvalue weighted by Crippen LogP contribution is -2.60. The summed E-state index contributed by atoms with van der Waals surface area (Å²) in [5.74, 6) is 0. The average Bonchev–Trinajstić information content (AvgIpc) is 2.40. The predicted octanol–water partition coefficient (Wildman–Crippen LogP) is 4.26. The maximum Gasteiger partial charge on any atom is 0.411 e. The third-order valence-corrected chi connectivity index (χ3v) is 4.72. The second-order valence-electron chi connectivity index (χ2n) is 7.74. The molecule has 0 radical (unpaired) electrons. The van der Waals surface area contributed by atoms with E-state index in [2.05, 4.69) is 5.32 Å². The van der Waals surface area contributed by atoms with Gasteiger partial charge in [-0.1, -0.05) is 12.1 Å². The van der Waals surface area contributed by atoms with E-state index >= 15 is 0 Å². The van der Waals surface area contributed by atoms with Crippen molar-refractivity contribution in [1.29, 1.82) is 0 Å². The molecule has 2 rings (SSSR count). The Morgan fingerprint density at radius 1 is 1.22 bits per heavy atom. The zero-order valence-corrected chi connectivity index (χ0v) is 14.9. The highest BCUT2D eigenvalue weighted by molar-refractivity contribution is 5.86. The van der Waals surface area contributed by atoms with E-state index in [1.165, 1.54) is 5.06 Å². The maximum absolute atomic E-state index is 12.2. The smallest absolute Gasteiger partial charge is 0.411 e. The third kappa shape index (κ3) is 3.85. The summed E-state index contributed by atoms with van der Waals surface area (Å²) in [5.41, 5.74) is 2.06. The molecule has 0 aliphatic carbocycles. The summed E-state index contributed by atoms with van der Waals surface area (Å²) in [6, 6.07) is 5.79. The normalized spacial score (nSPS) is 21.0. The van der Waals surface area contributed by atoms with Crippen LogP contribution >= 0.6 is 0 Å². The molecule has 1 saturated heterocycles. The van der Waals surface area contributed by atoms with Crippen LogP contribution in [0.5, 0.6) is 0 Å². The number of carbonyl (C=O) groups is 1. The largest absolute Gasteiger partial charge is 0.446 e. The van der Waals surface area contributed by atoms with Crippen molar-refractivity contribution in [3.05, 3.63) is 29.3 Å². The summed E-state index contributed by atoms with van der Waals surface area (Å²) in [7, 11) is 0. The number of aryl methyl sites for hydroxylation is 1. The van der Waals surface area contributed by atoms with E-state index in [0.29, 0.717) is 12.8 Å². The molecule has 1 fully saturated rings. The van der Waals surface area contributed by atoms with Crippen LogP contribution in [0.3, 0.4) is 0 Å². The van der Waals surface area contributed by atoms with Gasteiger partial charge in [0.25, 0.3) is 0 Å². The molecule has 5 nitrogen and oxygen atoms in total. The molecule has 0 atom stereocenters. The fourth-order valence-electron chi connectivity index (χ4n) is 3.44. The van der Waals surface area contributed by atoms with E-state index in [0.717, 1.165) is 16.8 Å². The number of piperidine rings is 1. The van der Waals surface area contributed by atoms with Crippen LogP contribution in [0.15, 0.2) is 18.2 Å². The number of ether oxygens (including phenoxy) is 1. The van der Waals surface area contributed by atoms with Gasteiger partial charge in [0.05, 0.1) is 0 Å². The van der Waals surface area contributed by atoms with Crippen molar-refractivity contribution in [3.8, 4) is 0 Å². The van der Waals surface area contributed by atoms with Gasteiger partial charge in [0.1, 0.15) is 6.10 Å². The van der Waals surface area contributed by atoms with Crippen LogP contribution < -0.4 is 5.32 Å². The van der Waals surface area contributed by atoms with Crippen LogP contribution in [0.1, 0.15) is 51.7 Å². The molecule has 0 spiro atoms. The second-order valence-corrected chi connectivity index (χ2v) is 7.74. The standard InChI is InChI=1S/C18H28N2O3/c1-12-8-7-9-15(13(12)2)19-16(21)23-14-10-17(3,4)20(22)18(5,6)11-14/h7-9,14,22H,10-11H2,1-6H3,(H,19,21). The molecule has 128 valence electrons. The Labute approximate surface area is 138 Å².